The number of benzene rings is 1. The number of methoxy groups -OCH3 is 1. The van der Waals surface area contributed by atoms with Crippen molar-refractivity contribution >= 4 is 11.6 Å². The Bertz CT molecular complexity index is 1020. The molecule has 3 aromatic rings. The van der Waals surface area contributed by atoms with Gasteiger partial charge in [0, 0.05) is 24.4 Å². The smallest absolute Gasteiger partial charge is 0.251 e. The number of carbonyl (C=O) groups is 1. The Kier molecular flexibility index (Phi) is 5.35. The summed E-state index contributed by atoms with van der Waals surface area (Å²) in [5.74, 6) is 1.21. The Morgan fingerprint density at radius 2 is 2.07 bits per heavy atom. The number of nitrogens with one attached hydrogen (secondary N) is 1. The number of anilines is 1. The predicted molar refractivity (Wildman–Crippen MR) is 99.7 cm³/mol. The lowest BCUT2D eigenvalue weighted by molar-refractivity contribution is -0.116. The number of aromatic nitrogens is 3. The number of rotatable bonds is 6. The molecule has 1 aromatic carbocycles. The molecule has 0 saturated carbocycles. The zero-order chi connectivity index (χ0) is 19.4. The predicted octanol–water partition coefficient (Wildman–Crippen LogP) is 2.42. The molecule has 0 aliphatic carbocycles. The average molecular weight is 368 g/mol. The van der Waals surface area contributed by atoms with Gasteiger partial charge in [-0.2, -0.15) is 0 Å². The molecule has 3 rings (SSSR count). The molecule has 2 aromatic heterocycles. The Hall–Kier alpha value is -3.42. The summed E-state index contributed by atoms with van der Waals surface area (Å²) in [6, 6.07) is 8.31. The number of hydrogen-bond acceptors (Lipinski definition) is 6. The SMILES string of the molecule is CCc1nnc(-c2ccc(=O)n(CC(=O)Nc3ccc(OC)cc3C)c2)o1. The molecule has 0 bridgehead atoms. The number of carbonyl (C=O) groups excluding carboxylic acids is 1. The third-order valence-electron chi connectivity index (χ3n) is 4.02. The first-order valence-electron chi connectivity index (χ1n) is 8.48. The zero-order valence-corrected chi connectivity index (χ0v) is 15.4. The van der Waals surface area contributed by atoms with Gasteiger partial charge in [-0.3, -0.25) is 9.59 Å². The van der Waals surface area contributed by atoms with E-state index in [-0.39, 0.29) is 18.0 Å². The van der Waals surface area contributed by atoms with Crippen molar-refractivity contribution in [1.29, 1.82) is 0 Å². The van der Waals surface area contributed by atoms with Crippen molar-refractivity contribution in [1.82, 2.24) is 14.8 Å². The highest BCUT2D eigenvalue weighted by molar-refractivity contribution is 5.91. The third kappa shape index (κ3) is 4.22. The van der Waals surface area contributed by atoms with E-state index in [1.54, 1.807) is 25.3 Å². The van der Waals surface area contributed by atoms with Crippen LogP contribution in [0.2, 0.25) is 0 Å². The van der Waals surface area contributed by atoms with Crippen molar-refractivity contribution in [2.45, 2.75) is 26.8 Å². The molecule has 140 valence electrons. The zero-order valence-electron chi connectivity index (χ0n) is 15.4. The summed E-state index contributed by atoms with van der Waals surface area (Å²) < 4.78 is 12.0. The van der Waals surface area contributed by atoms with Crippen LogP contribution < -0.4 is 15.6 Å². The van der Waals surface area contributed by atoms with Gasteiger partial charge in [-0.15, -0.1) is 10.2 Å². The van der Waals surface area contributed by atoms with Crippen molar-refractivity contribution in [3.05, 3.63) is 58.3 Å². The summed E-state index contributed by atoms with van der Waals surface area (Å²) in [6.45, 7) is 3.64. The Morgan fingerprint density at radius 1 is 1.26 bits per heavy atom. The molecular weight excluding hydrogens is 348 g/mol. The van der Waals surface area contributed by atoms with Gasteiger partial charge in [-0.1, -0.05) is 6.92 Å². The number of pyridine rings is 1. The molecule has 0 atom stereocenters. The van der Waals surface area contributed by atoms with Gasteiger partial charge in [0.05, 0.1) is 12.7 Å². The minimum absolute atomic E-state index is 0.132. The van der Waals surface area contributed by atoms with E-state index >= 15 is 0 Å². The van der Waals surface area contributed by atoms with Crippen LogP contribution in [0.4, 0.5) is 5.69 Å². The maximum atomic E-state index is 12.4. The summed E-state index contributed by atoms with van der Waals surface area (Å²) in [5.41, 5.74) is 1.81. The number of aryl methyl sites for hydroxylation is 2. The van der Waals surface area contributed by atoms with E-state index in [1.165, 1.54) is 16.8 Å². The van der Waals surface area contributed by atoms with E-state index < -0.39 is 0 Å². The quantitative estimate of drug-likeness (QED) is 0.717. The van der Waals surface area contributed by atoms with Crippen molar-refractivity contribution in [2.75, 3.05) is 12.4 Å². The minimum Gasteiger partial charge on any atom is -0.497 e. The molecule has 0 spiro atoms. The Morgan fingerprint density at radius 3 is 2.74 bits per heavy atom. The molecule has 0 saturated heterocycles. The Labute approximate surface area is 155 Å². The largest absolute Gasteiger partial charge is 0.497 e. The molecular formula is C19H20N4O4. The molecule has 27 heavy (non-hydrogen) atoms. The molecule has 8 heteroatoms. The van der Waals surface area contributed by atoms with Crippen LogP contribution in [0.1, 0.15) is 18.4 Å². The van der Waals surface area contributed by atoms with Gasteiger partial charge in [0.2, 0.25) is 17.7 Å². The van der Waals surface area contributed by atoms with Crippen molar-refractivity contribution in [3.63, 3.8) is 0 Å². The van der Waals surface area contributed by atoms with Gasteiger partial charge >= 0.3 is 0 Å². The fourth-order valence-electron chi connectivity index (χ4n) is 2.54. The summed E-state index contributed by atoms with van der Waals surface area (Å²) in [5, 5.41) is 10.7. The Balaban J connectivity index is 1.77. The van der Waals surface area contributed by atoms with Crippen LogP contribution in [0.15, 0.2) is 45.7 Å². The normalized spacial score (nSPS) is 10.6. The van der Waals surface area contributed by atoms with Crippen LogP contribution in [-0.4, -0.2) is 27.8 Å². The lowest BCUT2D eigenvalue weighted by atomic mass is 10.2. The van der Waals surface area contributed by atoms with Crippen molar-refractivity contribution in [3.8, 4) is 17.2 Å². The molecule has 1 N–H and O–H groups in total. The lowest BCUT2D eigenvalue weighted by Crippen LogP contribution is -2.27. The highest BCUT2D eigenvalue weighted by Crippen LogP contribution is 2.21. The number of ether oxygens (including phenoxy) is 1. The standard InChI is InChI=1S/C19H20N4O4/c1-4-17-21-22-19(27-17)13-5-8-18(25)23(10-13)11-16(24)20-15-7-6-14(26-3)9-12(15)2/h5-10H,4,11H2,1-3H3,(H,20,24). The van der Waals surface area contributed by atoms with Crippen LogP contribution >= 0.6 is 0 Å². The molecule has 0 fully saturated rings. The molecule has 8 nitrogen and oxygen atoms in total. The highest BCUT2D eigenvalue weighted by Gasteiger charge is 2.12. The van der Waals surface area contributed by atoms with E-state index in [1.807, 2.05) is 19.9 Å². The molecule has 0 aliphatic rings. The number of amides is 1. The first-order chi connectivity index (χ1) is 13.0. The highest BCUT2D eigenvalue weighted by atomic mass is 16.5. The minimum atomic E-state index is -0.317. The second kappa shape index (κ2) is 7.86. The lowest BCUT2D eigenvalue weighted by Gasteiger charge is -2.11. The fourth-order valence-corrected chi connectivity index (χ4v) is 2.54. The second-order valence-electron chi connectivity index (χ2n) is 5.97. The van der Waals surface area contributed by atoms with E-state index in [0.29, 0.717) is 35.2 Å². The van der Waals surface area contributed by atoms with Crippen LogP contribution in [0.5, 0.6) is 5.75 Å². The van der Waals surface area contributed by atoms with Crippen molar-refractivity contribution in [2.24, 2.45) is 0 Å². The van der Waals surface area contributed by atoms with E-state index in [9.17, 15) is 9.59 Å². The molecule has 1 amide bonds. The van der Waals surface area contributed by atoms with E-state index in [4.69, 9.17) is 9.15 Å². The number of hydrogen-bond donors (Lipinski definition) is 1. The monoisotopic (exact) mass is 368 g/mol. The molecule has 0 radical (unpaired) electrons. The molecule has 0 aliphatic heterocycles. The number of nitrogens with zero attached hydrogens (tertiary/aromatic N) is 3. The van der Waals surface area contributed by atoms with Gasteiger partial charge in [-0.25, -0.2) is 0 Å². The van der Waals surface area contributed by atoms with E-state index in [0.717, 1.165) is 5.56 Å². The maximum absolute atomic E-state index is 12.4. The summed E-state index contributed by atoms with van der Waals surface area (Å²) in [4.78, 5) is 24.5. The van der Waals surface area contributed by atoms with Crippen LogP contribution in [-0.2, 0) is 17.8 Å². The van der Waals surface area contributed by atoms with Crippen LogP contribution in [0.25, 0.3) is 11.5 Å². The second-order valence-corrected chi connectivity index (χ2v) is 5.97. The first-order valence-corrected chi connectivity index (χ1v) is 8.48. The topological polar surface area (TPSA) is 99.2 Å². The van der Waals surface area contributed by atoms with Gasteiger partial charge in [-0.05, 0) is 36.8 Å². The fraction of sp³-hybridized carbons (Fsp3) is 0.263. The molecule has 2 heterocycles. The average Bonchev–Trinajstić information content (AvgIpc) is 3.14. The van der Waals surface area contributed by atoms with Gasteiger partial charge in [0.25, 0.3) is 5.56 Å². The summed E-state index contributed by atoms with van der Waals surface area (Å²) in [7, 11) is 1.58. The molecule has 0 unspecified atom stereocenters. The summed E-state index contributed by atoms with van der Waals surface area (Å²) in [6.07, 6.45) is 2.16. The van der Waals surface area contributed by atoms with Gasteiger partial charge in [0.1, 0.15) is 12.3 Å². The van der Waals surface area contributed by atoms with Gasteiger partial charge in [0.15, 0.2) is 0 Å². The maximum Gasteiger partial charge on any atom is 0.251 e. The first kappa shape index (κ1) is 18.4. The summed E-state index contributed by atoms with van der Waals surface area (Å²) >= 11 is 0. The van der Waals surface area contributed by atoms with Crippen LogP contribution in [0, 0.1) is 6.92 Å². The van der Waals surface area contributed by atoms with Crippen molar-refractivity contribution < 1.29 is 13.9 Å². The van der Waals surface area contributed by atoms with Gasteiger partial charge < -0.3 is 19.0 Å². The van der Waals surface area contributed by atoms with E-state index in [2.05, 4.69) is 15.5 Å². The van der Waals surface area contributed by atoms with Crippen LogP contribution in [0.3, 0.4) is 0 Å². The third-order valence-corrected chi connectivity index (χ3v) is 4.02.